The van der Waals surface area contributed by atoms with Crippen LogP contribution in [0.15, 0.2) is 11.1 Å². The van der Waals surface area contributed by atoms with E-state index >= 15 is 0 Å². The molecule has 106 valence electrons. The van der Waals surface area contributed by atoms with E-state index in [1.807, 2.05) is 4.90 Å². The molecule has 1 aliphatic heterocycles. The van der Waals surface area contributed by atoms with Crippen molar-refractivity contribution in [3.05, 3.63) is 21.7 Å². The number of H-pyrrole nitrogens is 1. The van der Waals surface area contributed by atoms with Crippen LogP contribution in [0.3, 0.4) is 0 Å². The van der Waals surface area contributed by atoms with Crippen LogP contribution in [-0.2, 0) is 4.74 Å². The van der Waals surface area contributed by atoms with Gasteiger partial charge in [0.1, 0.15) is 5.02 Å². The summed E-state index contributed by atoms with van der Waals surface area (Å²) in [6.07, 6.45) is 4.36. The predicted molar refractivity (Wildman–Crippen MR) is 74.7 cm³/mol. The number of hydrogen-bond acceptors (Lipinski definition) is 5. The number of nitrogens with one attached hydrogen (secondary N) is 1. The number of aromatic nitrogens is 2. The van der Waals surface area contributed by atoms with Crippen LogP contribution in [0.1, 0.15) is 19.3 Å². The summed E-state index contributed by atoms with van der Waals surface area (Å²) < 4.78 is 5.73. The summed E-state index contributed by atoms with van der Waals surface area (Å²) in [6, 6.07) is 0. The summed E-state index contributed by atoms with van der Waals surface area (Å²) in [5, 5.41) is 0.157. The molecule has 0 atom stereocenters. The van der Waals surface area contributed by atoms with Gasteiger partial charge in [-0.25, -0.2) is 4.98 Å². The Morgan fingerprint density at radius 1 is 1.53 bits per heavy atom. The highest BCUT2D eigenvalue weighted by molar-refractivity contribution is 6.32. The van der Waals surface area contributed by atoms with Crippen molar-refractivity contribution < 1.29 is 4.74 Å². The van der Waals surface area contributed by atoms with Gasteiger partial charge in [0.05, 0.1) is 12.4 Å². The van der Waals surface area contributed by atoms with Gasteiger partial charge in [0.25, 0.3) is 5.56 Å². The summed E-state index contributed by atoms with van der Waals surface area (Å²) in [5.41, 5.74) is 5.13. The summed E-state index contributed by atoms with van der Waals surface area (Å²) in [6.45, 7) is 2.96. The third-order valence-corrected chi connectivity index (χ3v) is 3.56. The fourth-order valence-corrected chi connectivity index (χ4v) is 2.38. The van der Waals surface area contributed by atoms with Crippen molar-refractivity contribution in [3.63, 3.8) is 0 Å². The Balaban J connectivity index is 1.89. The topological polar surface area (TPSA) is 84.2 Å². The molecule has 1 saturated heterocycles. The first-order valence-corrected chi connectivity index (χ1v) is 6.90. The fraction of sp³-hybridized carbons (Fsp3) is 0.667. The lowest BCUT2D eigenvalue weighted by Gasteiger charge is -2.32. The van der Waals surface area contributed by atoms with Gasteiger partial charge in [-0.1, -0.05) is 11.6 Å². The van der Waals surface area contributed by atoms with Crippen molar-refractivity contribution in [3.8, 4) is 0 Å². The monoisotopic (exact) mass is 286 g/mol. The van der Waals surface area contributed by atoms with E-state index in [2.05, 4.69) is 9.97 Å². The van der Waals surface area contributed by atoms with Crippen LogP contribution in [0, 0.1) is 0 Å². The molecular weight excluding hydrogens is 268 g/mol. The molecule has 0 aliphatic carbocycles. The molecule has 1 aromatic rings. The van der Waals surface area contributed by atoms with Gasteiger partial charge in [0, 0.05) is 19.7 Å². The second-order valence-corrected chi connectivity index (χ2v) is 4.95. The maximum absolute atomic E-state index is 11.4. The Labute approximate surface area is 116 Å². The molecule has 0 aromatic carbocycles. The number of nitrogens with zero attached hydrogens (tertiary/aromatic N) is 2. The number of aromatic amines is 1. The molecule has 0 bridgehead atoms. The molecule has 0 radical (unpaired) electrons. The number of piperidine rings is 1. The van der Waals surface area contributed by atoms with Crippen LogP contribution in [-0.4, -0.2) is 42.3 Å². The number of anilines is 1. The number of rotatable bonds is 5. The lowest BCUT2D eigenvalue weighted by Crippen LogP contribution is -2.38. The quantitative estimate of drug-likeness (QED) is 0.781. The SMILES string of the molecule is NCCCOC1CCN(c2nc[nH]c(=O)c2Cl)CC1. The molecule has 19 heavy (non-hydrogen) atoms. The Morgan fingerprint density at radius 2 is 2.26 bits per heavy atom. The lowest BCUT2D eigenvalue weighted by atomic mass is 10.1. The largest absolute Gasteiger partial charge is 0.378 e. The molecule has 2 rings (SSSR count). The van der Waals surface area contributed by atoms with E-state index in [1.165, 1.54) is 6.33 Å². The average Bonchev–Trinajstić information content (AvgIpc) is 2.43. The maximum Gasteiger partial charge on any atom is 0.271 e. The normalized spacial score (nSPS) is 16.8. The van der Waals surface area contributed by atoms with Crippen LogP contribution >= 0.6 is 11.6 Å². The van der Waals surface area contributed by atoms with Gasteiger partial charge >= 0.3 is 0 Å². The number of nitrogens with two attached hydrogens (primary N) is 1. The lowest BCUT2D eigenvalue weighted by molar-refractivity contribution is 0.0365. The minimum atomic E-state index is -0.298. The fourth-order valence-electron chi connectivity index (χ4n) is 2.16. The number of hydrogen-bond donors (Lipinski definition) is 2. The zero-order chi connectivity index (χ0) is 13.7. The van der Waals surface area contributed by atoms with Gasteiger partial charge in [-0.2, -0.15) is 0 Å². The van der Waals surface area contributed by atoms with E-state index in [0.29, 0.717) is 19.0 Å². The van der Waals surface area contributed by atoms with Crippen molar-refractivity contribution in [2.45, 2.75) is 25.4 Å². The molecule has 0 spiro atoms. The highest BCUT2D eigenvalue weighted by Crippen LogP contribution is 2.23. The molecule has 6 nitrogen and oxygen atoms in total. The Kier molecular flexibility index (Phi) is 5.18. The summed E-state index contributed by atoms with van der Waals surface area (Å²) >= 11 is 5.97. The number of halogens is 1. The molecule has 2 heterocycles. The maximum atomic E-state index is 11.4. The molecule has 0 amide bonds. The van der Waals surface area contributed by atoms with E-state index in [0.717, 1.165) is 32.4 Å². The van der Waals surface area contributed by atoms with Crippen molar-refractivity contribution >= 4 is 17.4 Å². The highest BCUT2D eigenvalue weighted by Gasteiger charge is 2.22. The van der Waals surface area contributed by atoms with Gasteiger partial charge in [-0.3, -0.25) is 4.79 Å². The van der Waals surface area contributed by atoms with Crippen molar-refractivity contribution in [2.24, 2.45) is 5.73 Å². The second kappa shape index (κ2) is 6.88. The smallest absolute Gasteiger partial charge is 0.271 e. The van der Waals surface area contributed by atoms with E-state index in [1.54, 1.807) is 0 Å². The summed E-state index contributed by atoms with van der Waals surface area (Å²) in [4.78, 5) is 20.1. The predicted octanol–water partition coefficient (Wildman–Crippen LogP) is 0.757. The van der Waals surface area contributed by atoms with Crippen LogP contribution in [0.25, 0.3) is 0 Å². The third kappa shape index (κ3) is 3.68. The van der Waals surface area contributed by atoms with Crippen LogP contribution in [0.2, 0.25) is 5.02 Å². The zero-order valence-corrected chi connectivity index (χ0v) is 11.5. The van der Waals surface area contributed by atoms with Crippen LogP contribution in [0.4, 0.5) is 5.82 Å². The summed E-state index contributed by atoms with van der Waals surface area (Å²) in [7, 11) is 0. The first kappa shape index (κ1) is 14.3. The Hall–Kier alpha value is -1.11. The number of ether oxygens (including phenoxy) is 1. The van der Waals surface area contributed by atoms with Gasteiger partial charge in [-0.15, -0.1) is 0 Å². The van der Waals surface area contributed by atoms with Gasteiger partial charge in [0.15, 0.2) is 5.82 Å². The highest BCUT2D eigenvalue weighted by atomic mass is 35.5. The minimum Gasteiger partial charge on any atom is -0.378 e. The van der Waals surface area contributed by atoms with Crippen LogP contribution < -0.4 is 16.2 Å². The molecule has 3 N–H and O–H groups in total. The molecule has 0 unspecified atom stereocenters. The molecule has 1 aromatic heterocycles. The first-order valence-electron chi connectivity index (χ1n) is 6.52. The average molecular weight is 287 g/mol. The molecule has 0 saturated carbocycles. The van der Waals surface area contributed by atoms with E-state index < -0.39 is 0 Å². The molecule has 1 fully saturated rings. The Bertz CT molecular complexity index is 457. The molecule has 1 aliphatic rings. The van der Waals surface area contributed by atoms with Crippen molar-refractivity contribution in [1.82, 2.24) is 9.97 Å². The third-order valence-electron chi connectivity index (χ3n) is 3.22. The minimum absolute atomic E-state index is 0.157. The van der Waals surface area contributed by atoms with Gasteiger partial charge < -0.3 is 20.4 Å². The van der Waals surface area contributed by atoms with Crippen molar-refractivity contribution in [2.75, 3.05) is 31.1 Å². The zero-order valence-electron chi connectivity index (χ0n) is 10.8. The summed E-state index contributed by atoms with van der Waals surface area (Å²) in [5.74, 6) is 0.561. The van der Waals surface area contributed by atoms with E-state index in [-0.39, 0.29) is 16.7 Å². The van der Waals surface area contributed by atoms with E-state index in [4.69, 9.17) is 22.1 Å². The second-order valence-electron chi connectivity index (χ2n) is 4.57. The van der Waals surface area contributed by atoms with Gasteiger partial charge in [-0.05, 0) is 25.8 Å². The standard InChI is InChI=1S/C12H19ClN4O2/c13-10-11(15-8-16-12(10)18)17-5-2-9(3-6-17)19-7-1-4-14/h8-9H,1-7,14H2,(H,15,16,18). The molecular formula is C12H19ClN4O2. The van der Waals surface area contributed by atoms with Gasteiger partial charge in [0.2, 0.25) is 0 Å². The first-order chi connectivity index (χ1) is 9.22. The van der Waals surface area contributed by atoms with E-state index in [9.17, 15) is 4.79 Å². The van der Waals surface area contributed by atoms with Crippen LogP contribution in [0.5, 0.6) is 0 Å². The molecule has 7 heteroatoms. The Morgan fingerprint density at radius 3 is 2.95 bits per heavy atom. The van der Waals surface area contributed by atoms with Crippen molar-refractivity contribution in [1.29, 1.82) is 0 Å².